The number of nitriles is 1. The number of ketones is 1. The summed E-state index contributed by atoms with van der Waals surface area (Å²) in [5, 5.41) is 12.2. The molecule has 0 bridgehead atoms. The van der Waals surface area contributed by atoms with Gasteiger partial charge in [-0.1, -0.05) is 36.7 Å². The van der Waals surface area contributed by atoms with Gasteiger partial charge in [-0.3, -0.25) is 9.59 Å². The number of ether oxygens (including phenoxy) is 2. The quantitative estimate of drug-likeness (QED) is 0.589. The molecule has 2 aromatic rings. The van der Waals surface area contributed by atoms with Crippen LogP contribution in [0.5, 0.6) is 11.5 Å². The number of rotatable bonds is 6. The van der Waals surface area contributed by atoms with Crippen molar-refractivity contribution in [2.45, 2.75) is 13.3 Å². The van der Waals surface area contributed by atoms with Gasteiger partial charge >= 0.3 is 0 Å². The second-order valence-corrected chi connectivity index (χ2v) is 6.48. The summed E-state index contributed by atoms with van der Waals surface area (Å²) >= 11 is 6.10. The SMILES string of the molecule is CCc1ccc(NC(=O)C(C#N)C(=O)/C=C/c2cc(Cl)c3c(c2)OCO3)cc1. The number of hydrogen-bond donors (Lipinski definition) is 1. The lowest BCUT2D eigenvalue weighted by Crippen LogP contribution is -2.27. The average Bonchev–Trinajstić information content (AvgIpc) is 3.17. The van der Waals surface area contributed by atoms with E-state index in [2.05, 4.69) is 5.32 Å². The molecule has 1 aliphatic rings. The molecule has 1 aliphatic heterocycles. The number of amides is 1. The fourth-order valence-corrected chi connectivity index (χ4v) is 2.92. The van der Waals surface area contributed by atoms with E-state index in [1.54, 1.807) is 30.3 Å². The number of nitrogens with zero attached hydrogens (tertiary/aromatic N) is 1. The molecule has 28 heavy (non-hydrogen) atoms. The van der Waals surface area contributed by atoms with Gasteiger partial charge in [-0.05, 0) is 47.9 Å². The predicted octanol–water partition coefficient (Wildman–Crippen LogP) is 3.99. The Labute approximate surface area is 167 Å². The van der Waals surface area contributed by atoms with E-state index in [9.17, 15) is 14.9 Å². The Hall–Kier alpha value is -3.30. The monoisotopic (exact) mass is 396 g/mol. The van der Waals surface area contributed by atoms with Crippen molar-refractivity contribution in [1.82, 2.24) is 0 Å². The summed E-state index contributed by atoms with van der Waals surface area (Å²) in [7, 11) is 0. The van der Waals surface area contributed by atoms with Gasteiger partial charge in [-0.25, -0.2) is 0 Å². The van der Waals surface area contributed by atoms with Crippen molar-refractivity contribution in [2.24, 2.45) is 5.92 Å². The van der Waals surface area contributed by atoms with Crippen molar-refractivity contribution in [2.75, 3.05) is 12.1 Å². The van der Waals surface area contributed by atoms with Crippen LogP contribution in [0.3, 0.4) is 0 Å². The van der Waals surface area contributed by atoms with Gasteiger partial charge in [0.05, 0.1) is 11.1 Å². The fraction of sp³-hybridized carbons (Fsp3) is 0.190. The number of hydrogen-bond acceptors (Lipinski definition) is 5. The minimum Gasteiger partial charge on any atom is -0.454 e. The van der Waals surface area contributed by atoms with Crippen LogP contribution in [-0.4, -0.2) is 18.5 Å². The van der Waals surface area contributed by atoms with Crippen molar-refractivity contribution in [1.29, 1.82) is 5.26 Å². The molecule has 1 atom stereocenters. The van der Waals surface area contributed by atoms with E-state index in [0.717, 1.165) is 12.0 Å². The highest BCUT2D eigenvalue weighted by Gasteiger charge is 2.25. The third kappa shape index (κ3) is 4.33. The fourth-order valence-electron chi connectivity index (χ4n) is 2.65. The lowest BCUT2D eigenvalue weighted by molar-refractivity contribution is -0.126. The van der Waals surface area contributed by atoms with Crippen LogP contribution >= 0.6 is 11.6 Å². The second kappa shape index (κ2) is 8.59. The number of anilines is 1. The van der Waals surface area contributed by atoms with Crippen LogP contribution in [0.2, 0.25) is 5.02 Å². The Morgan fingerprint density at radius 2 is 2.04 bits per heavy atom. The van der Waals surface area contributed by atoms with Gasteiger partial charge in [0.15, 0.2) is 23.2 Å². The normalized spacial score (nSPS) is 13.2. The number of nitrogens with one attached hydrogen (secondary N) is 1. The average molecular weight is 397 g/mol. The summed E-state index contributed by atoms with van der Waals surface area (Å²) in [6.07, 6.45) is 3.54. The van der Waals surface area contributed by atoms with Crippen molar-refractivity contribution in [3.8, 4) is 17.6 Å². The first-order valence-electron chi connectivity index (χ1n) is 8.62. The van der Waals surface area contributed by atoms with Crippen LogP contribution in [0, 0.1) is 17.2 Å². The van der Waals surface area contributed by atoms with Crippen molar-refractivity contribution in [3.63, 3.8) is 0 Å². The molecule has 0 fully saturated rings. The Morgan fingerprint density at radius 3 is 2.71 bits per heavy atom. The Bertz CT molecular complexity index is 977. The summed E-state index contributed by atoms with van der Waals surface area (Å²) in [5.74, 6) is -1.83. The minimum atomic E-state index is -1.45. The highest BCUT2D eigenvalue weighted by atomic mass is 35.5. The summed E-state index contributed by atoms with van der Waals surface area (Å²) < 4.78 is 10.5. The van der Waals surface area contributed by atoms with E-state index in [4.69, 9.17) is 21.1 Å². The summed E-state index contributed by atoms with van der Waals surface area (Å²) in [6.45, 7) is 2.11. The van der Waals surface area contributed by atoms with E-state index in [1.165, 1.54) is 12.2 Å². The largest absolute Gasteiger partial charge is 0.454 e. The Balaban J connectivity index is 1.69. The number of carbonyl (C=O) groups is 2. The molecule has 0 saturated carbocycles. The van der Waals surface area contributed by atoms with Crippen LogP contribution < -0.4 is 14.8 Å². The minimum absolute atomic E-state index is 0.0804. The van der Waals surface area contributed by atoms with E-state index >= 15 is 0 Å². The second-order valence-electron chi connectivity index (χ2n) is 6.07. The molecule has 1 amide bonds. The van der Waals surface area contributed by atoms with Crippen LogP contribution in [0.15, 0.2) is 42.5 Å². The molecular weight excluding hydrogens is 380 g/mol. The molecule has 0 radical (unpaired) electrons. The lowest BCUT2D eigenvalue weighted by atomic mass is 10.0. The van der Waals surface area contributed by atoms with E-state index in [0.29, 0.717) is 27.8 Å². The standard InChI is InChI=1S/C21H17ClN2O4/c1-2-13-3-6-15(7-4-13)24-21(26)16(11-23)18(25)8-5-14-9-17(22)20-19(10-14)27-12-28-20/h3-10,16H,2,12H2,1H3,(H,24,26)/b8-5+. The highest BCUT2D eigenvalue weighted by molar-refractivity contribution is 6.32. The van der Waals surface area contributed by atoms with E-state index in [-0.39, 0.29) is 6.79 Å². The van der Waals surface area contributed by atoms with Gasteiger partial charge in [-0.2, -0.15) is 5.26 Å². The van der Waals surface area contributed by atoms with Gasteiger partial charge in [0.2, 0.25) is 12.7 Å². The van der Waals surface area contributed by atoms with Gasteiger partial charge in [0, 0.05) is 5.69 Å². The zero-order chi connectivity index (χ0) is 20.1. The summed E-state index contributed by atoms with van der Waals surface area (Å²) in [6, 6.07) is 12.2. The molecule has 6 nitrogen and oxygen atoms in total. The van der Waals surface area contributed by atoms with Crippen LogP contribution in [0.25, 0.3) is 6.08 Å². The molecule has 0 aromatic heterocycles. The van der Waals surface area contributed by atoms with Crippen LogP contribution in [-0.2, 0) is 16.0 Å². The topological polar surface area (TPSA) is 88.4 Å². The first-order valence-corrected chi connectivity index (χ1v) is 9.00. The van der Waals surface area contributed by atoms with Crippen LogP contribution in [0.1, 0.15) is 18.1 Å². The molecule has 1 heterocycles. The molecular formula is C21H17ClN2O4. The highest BCUT2D eigenvalue weighted by Crippen LogP contribution is 2.40. The molecule has 2 aromatic carbocycles. The molecule has 0 spiro atoms. The number of halogens is 1. The number of fused-ring (bicyclic) bond motifs is 1. The zero-order valence-corrected chi connectivity index (χ0v) is 15.8. The summed E-state index contributed by atoms with van der Waals surface area (Å²) in [5.41, 5.74) is 2.24. The molecule has 1 unspecified atom stereocenters. The van der Waals surface area contributed by atoms with Gasteiger partial charge in [-0.15, -0.1) is 0 Å². The maximum atomic E-state index is 12.3. The first kappa shape index (κ1) is 19.5. The Morgan fingerprint density at radius 1 is 1.29 bits per heavy atom. The molecule has 1 N–H and O–H groups in total. The van der Waals surface area contributed by atoms with Crippen molar-refractivity contribution >= 4 is 35.1 Å². The third-order valence-electron chi connectivity index (χ3n) is 4.20. The van der Waals surface area contributed by atoms with Crippen molar-refractivity contribution < 1.29 is 19.1 Å². The van der Waals surface area contributed by atoms with Crippen LogP contribution in [0.4, 0.5) is 5.69 Å². The third-order valence-corrected chi connectivity index (χ3v) is 4.48. The molecule has 0 aliphatic carbocycles. The zero-order valence-electron chi connectivity index (χ0n) is 15.1. The Kier molecular flexibility index (Phi) is 5.97. The molecule has 0 saturated heterocycles. The number of benzene rings is 2. The predicted molar refractivity (Wildman–Crippen MR) is 105 cm³/mol. The summed E-state index contributed by atoms with van der Waals surface area (Å²) in [4.78, 5) is 24.7. The van der Waals surface area contributed by atoms with Gasteiger partial charge in [0.1, 0.15) is 0 Å². The van der Waals surface area contributed by atoms with E-state index < -0.39 is 17.6 Å². The number of allylic oxidation sites excluding steroid dienone is 1. The molecule has 7 heteroatoms. The van der Waals surface area contributed by atoms with Crippen molar-refractivity contribution in [3.05, 3.63) is 58.6 Å². The smallest absolute Gasteiger partial charge is 0.249 e. The molecule has 142 valence electrons. The maximum absolute atomic E-state index is 12.3. The number of aryl methyl sites for hydroxylation is 1. The maximum Gasteiger partial charge on any atom is 0.249 e. The lowest BCUT2D eigenvalue weighted by Gasteiger charge is -2.08. The first-order chi connectivity index (χ1) is 13.5. The molecule has 3 rings (SSSR count). The number of carbonyl (C=O) groups excluding carboxylic acids is 2. The van der Waals surface area contributed by atoms with Gasteiger partial charge < -0.3 is 14.8 Å². The van der Waals surface area contributed by atoms with Gasteiger partial charge in [0.25, 0.3) is 0 Å². The van der Waals surface area contributed by atoms with E-state index in [1.807, 2.05) is 19.1 Å².